The third-order valence-corrected chi connectivity index (χ3v) is 5.24. The molecule has 7 nitrogen and oxygen atoms in total. The highest BCUT2D eigenvalue weighted by Crippen LogP contribution is 2.39. The fourth-order valence-electron chi connectivity index (χ4n) is 3.83. The summed E-state index contributed by atoms with van der Waals surface area (Å²) in [6, 6.07) is 12.0. The van der Waals surface area contributed by atoms with Crippen molar-refractivity contribution in [1.29, 1.82) is 0 Å². The van der Waals surface area contributed by atoms with Crippen LogP contribution in [0.5, 0.6) is 0 Å². The zero-order chi connectivity index (χ0) is 22.4. The van der Waals surface area contributed by atoms with Gasteiger partial charge in [0.25, 0.3) is 0 Å². The number of furan rings is 1. The highest BCUT2D eigenvalue weighted by molar-refractivity contribution is 5.99. The topological polar surface area (TPSA) is 89.8 Å². The molecular formula is C24H28N2O5. The first-order valence-electron chi connectivity index (χ1n) is 10.2. The van der Waals surface area contributed by atoms with E-state index in [0.717, 1.165) is 13.1 Å². The molecule has 2 N–H and O–H groups in total. The van der Waals surface area contributed by atoms with Crippen LogP contribution in [0, 0.1) is 0 Å². The maximum Gasteiger partial charge on any atom is 0.336 e. The smallest absolute Gasteiger partial charge is 0.336 e. The van der Waals surface area contributed by atoms with Gasteiger partial charge in [0, 0.05) is 24.5 Å². The Morgan fingerprint density at radius 1 is 1.00 bits per heavy atom. The molecule has 0 radical (unpaired) electrons. The number of benzene rings is 1. The van der Waals surface area contributed by atoms with Crippen molar-refractivity contribution in [2.24, 2.45) is 0 Å². The maximum atomic E-state index is 12.3. The lowest BCUT2D eigenvalue weighted by Gasteiger charge is -2.28. The second kappa shape index (κ2) is 10.1. The Kier molecular flexibility index (Phi) is 7.31. The lowest BCUT2D eigenvalue weighted by atomic mass is 9.83. The Morgan fingerprint density at radius 2 is 1.61 bits per heavy atom. The summed E-state index contributed by atoms with van der Waals surface area (Å²) < 4.78 is 15.4. The number of hydrogen-bond acceptors (Lipinski definition) is 7. The van der Waals surface area contributed by atoms with Gasteiger partial charge in [0.1, 0.15) is 5.76 Å². The number of ether oxygens (including phenoxy) is 2. The lowest BCUT2D eigenvalue weighted by molar-refractivity contribution is -0.139. The molecule has 1 aromatic heterocycles. The quantitative estimate of drug-likeness (QED) is 0.726. The highest BCUT2D eigenvalue weighted by Gasteiger charge is 2.39. The number of carbonyl (C=O) groups is 2. The highest BCUT2D eigenvalue weighted by atomic mass is 16.5. The third-order valence-electron chi connectivity index (χ3n) is 5.24. The Hall–Kier alpha value is -3.32. The van der Waals surface area contributed by atoms with Crippen molar-refractivity contribution < 1.29 is 23.5 Å². The molecule has 0 fully saturated rings. The van der Waals surface area contributed by atoms with Crippen LogP contribution in [0.3, 0.4) is 0 Å². The molecule has 3 heterocycles. The molecule has 164 valence electrons. The molecule has 1 atom stereocenters. The standard InChI is InChI=1S/C16H19NO5.C8H9N/c1-5-21-16(19)13-10(3)17-9(2)12(15(18)20-4)14(13)11-7-6-8-22-11;1-2-4-8-6-9-5-7(8)3-1/h6-8,14,17H,5H2,1-4H3;1-4,9H,5-6H2. The van der Waals surface area contributed by atoms with Gasteiger partial charge in [0.15, 0.2) is 0 Å². The summed E-state index contributed by atoms with van der Waals surface area (Å²) in [5, 5.41) is 6.33. The monoisotopic (exact) mass is 424 g/mol. The normalized spacial score (nSPS) is 17.4. The van der Waals surface area contributed by atoms with Crippen molar-refractivity contribution in [3.8, 4) is 0 Å². The van der Waals surface area contributed by atoms with Crippen LogP contribution < -0.4 is 10.6 Å². The van der Waals surface area contributed by atoms with Crippen LogP contribution in [-0.4, -0.2) is 25.7 Å². The number of rotatable bonds is 4. The number of nitrogens with one attached hydrogen (secondary N) is 2. The van der Waals surface area contributed by atoms with Crippen LogP contribution >= 0.6 is 0 Å². The fourth-order valence-corrected chi connectivity index (χ4v) is 3.83. The molecule has 0 bridgehead atoms. The molecule has 1 aromatic carbocycles. The number of hydrogen-bond donors (Lipinski definition) is 2. The average molecular weight is 424 g/mol. The molecule has 31 heavy (non-hydrogen) atoms. The van der Waals surface area contributed by atoms with E-state index in [2.05, 4.69) is 34.9 Å². The Morgan fingerprint density at radius 3 is 2.13 bits per heavy atom. The van der Waals surface area contributed by atoms with Gasteiger partial charge >= 0.3 is 11.9 Å². The van der Waals surface area contributed by atoms with Gasteiger partial charge in [-0.05, 0) is 44.0 Å². The van der Waals surface area contributed by atoms with E-state index >= 15 is 0 Å². The van der Waals surface area contributed by atoms with E-state index in [-0.39, 0.29) is 6.61 Å². The maximum absolute atomic E-state index is 12.3. The first kappa shape index (κ1) is 22.4. The third kappa shape index (κ3) is 4.88. The molecular weight excluding hydrogens is 396 g/mol. The molecule has 0 saturated carbocycles. The molecule has 0 aliphatic carbocycles. The largest absolute Gasteiger partial charge is 0.468 e. The minimum atomic E-state index is -0.650. The van der Waals surface area contributed by atoms with Crippen LogP contribution in [0.4, 0.5) is 0 Å². The second-order valence-corrected chi connectivity index (χ2v) is 7.24. The number of allylic oxidation sites excluding steroid dienone is 2. The zero-order valence-corrected chi connectivity index (χ0v) is 18.3. The lowest BCUT2D eigenvalue weighted by Crippen LogP contribution is -2.32. The van der Waals surface area contributed by atoms with Crippen LogP contribution in [0.25, 0.3) is 0 Å². The van der Waals surface area contributed by atoms with E-state index < -0.39 is 17.9 Å². The summed E-state index contributed by atoms with van der Waals surface area (Å²) in [4.78, 5) is 24.5. The van der Waals surface area contributed by atoms with Crippen molar-refractivity contribution in [3.63, 3.8) is 0 Å². The molecule has 2 aromatic rings. The predicted molar refractivity (Wildman–Crippen MR) is 116 cm³/mol. The molecule has 0 amide bonds. The van der Waals surface area contributed by atoms with Crippen LogP contribution in [0.2, 0.25) is 0 Å². The minimum Gasteiger partial charge on any atom is -0.468 e. The number of fused-ring (bicyclic) bond motifs is 1. The van der Waals surface area contributed by atoms with Crippen LogP contribution in [-0.2, 0) is 32.2 Å². The van der Waals surface area contributed by atoms with Crippen molar-refractivity contribution in [1.82, 2.24) is 10.6 Å². The molecule has 2 aliphatic heterocycles. The van der Waals surface area contributed by atoms with Crippen LogP contribution in [0.1, 0.15) is 43.6 Å². The van der Waals surface area contributed by atoms with Crippen molar-refractivity contribution >= 4 is 11.9 Å². The summed E-state index contributed by atoms with van der Waals surface area (Å²) in [5.41, 5.74) is 4.85. The predicted octanol–water partition coefficient (Wildman–Crippen LogP) is 3.54. The van der Waals surface area contributed by atoms with Gasteiger partial charge in [-0.15, -0.1) is 0 Å². The summed E-state index contributed by atoms with van der Waals surface area (Å²) in [6.07, 6.45) is 1.50. The van der Waals surface area contributed by atoms with E-state index in [0.29, 0.717) is 28.3 Å². The van der Waals surface area contributed by atoms with E-state index in [1.165, 1.54) is 24.5 Å². The van der Waals surface area contributed by atoms with Crippen molar-refractivity contribution in [3.05, 3.63) is 82.1 Å². The second-order valence-electron chi connectivity index (χ2n) is 7.24. The molecule has 4 rings (SSSR count). The van der Waals surface area contributed by atoms with Gasteiger partial charge in [-0.25, -0.2) is 9.59 Å². The molecule has 7 heteroatoms. The number of esters is 2. The molecule has 2 aliphatic rings. The molecule has 1 unspecified atom stereocenters. The zero-order valence-electron chi connectivity index (χ0n) is 18.3. The van der Waals surface area contributed by atoms with Gasteiger partial charge in [-0.3, -0.25) is 0 Å². The fraction of sp³-hybridized carbons (Fsp3) is 0.333. The van der Waals surface area contributed by atoms with Crippen LogP contribution in [0.15, 0.2) is 69.6 Å². The summed E-state index contributed by atoms with van der Waals surface area (Å²) >= 11 is 0. The summed E-state index contributed by atoms with van der Waals surface area (Å²) in [6.45, 7) is 7.60. The van der Waals surface area contributed by atoms with Gasteiger partial charge in [-0.2, -0.15) is 0 Å². The Labute approximate surface area is 182 Å². The van der Waals surface area contributed by atoms with E-state index in [9.17, 15) is 9.59 Å². The van der Waals surface area contributed by atoms with Crippen molar-refractivity contribution in [2.75, 3.05) is 13.7 Å². The average Bonchev–Trinajstić information content (AvgIpc) is 3.45. The van der Waals surface area contributed by atoms with Gasteiger partial charge < -0.3 is 24.5 Å². The molecule has 0 saturated heterocycles. The van der Waals surface area contributed by atoms with Gasteiger partial charge in [-0.1, -0.05) is 24.3 Å². The Balaban J connectivity index is 0.000000248. The summed E-state index contributed by atoms with van der Waals surface area (Å²) in [5.74, 6) is -1.16. The minimum absolute atomic E-state index is 0.247. The Bertz CT molecular complexity index is 982. The number of methoxy groups -OCH3 is 1. The summed E-state index contributed by atoms with van der Waals surface area (Å²) in [7, 11) is 1.30. The SMILES string of the molecule is CCOC(=O)C1=C(C)NC(C)=C(C(=O)OC)C1c1ccco1.c1ccc2c(c1)CNC2. The first-order chi connectivity index (χ1) is 15.0. The first-order valence-corrected chi connectivity index (χ1v) is 10.2. The molecule has 0 spiro atoms. The van der Waals surface area contributed by atoms with E-state index in [4.69, 9.17) is 13.9 Å². The van der Waals surface area contributed by atoms with E-state index in [1.54, 1.807) is 32.9 Å². The number of dihydropyridines is 1. The van der Waals surface area contributed by atoms with E-state index in [1.807, 2.05) is 0 Å². The van der Waals surface area contributed by atoms with Gasteiger partial charge in [0.2, 0.25) is 0 Å². The van der Waals surface area contributed by atoms with Crippen molar-refractivity contribution in [2.45, 2.75) is 39.8 Å². The number of carbonyl (C=O) groups excluding carboxylic acids is 2. The van der Waals surface area contributed by atoms with Gasteiger partial charge in [0.05, 0.1) is 37.0 Å².